The minimum atomic E-state index is -0.245. The molecule has 2 aromatic carbocycles. The van der Waals surface area contributed by atoms with Gasteiger partial charge >= 0.3 is 6.03 Å². The molecular formula is C21H18N6OS. The Balaban J connectivity index is 1.39. The summed E-state index contributed by atoms with van der Waals surface area (Å²) in [6, 6.07) is 14.1. The van der Waals surface area contributed by atoms with Gasteiger partial charge in [-0.2, -0.15) is 5.10 Å². The van der Waals surface area contributed by atoms with Crippen LogP contribution in [0, 0.1) is 0 Å². The molecule has 0 saturated carbocycles. The number of urea groups is 1. The zero-order valence-corrected chi connectivity index (χ0v) is 16.2. The first-order valence-corrected chi connectivity index (χ1v) is 10.1. The van der Waals surface area contributed by atoms with Crippen LogP contribution in [0.3, 0.4) is 0 Å². The van der Waals surface area contributed by atoms with Crippen molar-refractivity contribution in [2.24, 2.45) is 0 Å². The van der Waals surface area contributed by atoms with Gasteiger partial charge in [0, 0.05) is 45.4 Å². The Morgan fingerprint density at radius 2 is 2.07 bits per heavy atom. The highest BCUT2D eigenvalue weighted by Gasteiger charge is 2.13. The molecule has 0 fully saturated rings. The van der Waals surface area contributed by atoms with Crippen molar-refractivity contribution >= 4 is 44.0 Å². The number of nitrogens with zero attached hydrogens (tertiary/aromatic N) is 2. The van der Waals surface area contributed by atoms with Crippen LogP contribution in [0.4, 0.5) is 10.5 Å². The minimum Gasteiger partial charge on any atom is -0.351 e. The fourth-order valence-electron chi connectivity index (χ4n) is 3.35. The predicted molar refractivity (Wildman–Crippen MR) is 116 cm³/mol. The Hall–Kier alpha value is -3.65. The van der Waals surface area contributed by atoms with Crippen LogP contribution >= 0.6 is 11.3 Å². The predicted octanol–water partition coefficient (Wildman–Crippen LogP) is 4.53. The molecule has 0 aliphatic rings. The number of hydrogen-bond acceptors (Lipinski definition) is 4. The molecule has 8 heteroatoms. The first kappa shape index (κ1) is 17.4. The quantitative estimate of drug-likeness (QED) is 0.347. The fourth-order valence-corrected chi connectivity index (χ4v) is 4.43. The van der Waals surface area contributed by atoms with Crippen molar-refractivity contribution in [2.75, 3.05) is 11.9 Å². The van der Waals surface area contributed by atoms with Crippen molar-refractivity contribution in [1.29, 1.82) is 0 Å². The van der Waals surface area contributed by atoms with E-state index >= 15 is 0 Å². The van der Waals surface area contributed by atoms with Crippen molar-refractivity contribution in [3.05, 3.63) is 66.9 Å². The number of anilines is 1. The van der Waals surface area contributed by atoms with E-state index in [-0.39, 0.29) is 6.03 Å². The smallest absolute Gasteiger partial charge is 0.319 e. The number of amides is 2. The molecule has 0 atom stereocenters. The number of aromatic amines is 2. The van der Waals surface area contributed by atoms with Crippen LogP contribution < -0.4 is 10.6 Å². The maximum Gasteiger partial charge on any atom is 0.319 e. The zero-order valence-electron chi connectivity index (χ0n) is 15.4. The van der Waals surface area contributed by atoms with E-state index in [9.17, 15) is 4.79 Å². The van der Waals surface area contributed by atoms with Gasteiger partial charge in [-0.1, -0.05) is 18.2 Å². The lowest BCUT2D eigenvalue weighted by Gasteiger charge is -2.09. The summed E-state index contributed by atoms with van der Waals surface area (Å²) in [4.78, 5) is 20.5. The normalized spacial score (nSPS) is 11.2. The van der Waals surface area contributed by atoms with E-state index in [0.29, 0.717) is 13.0 Å². The van der Waals surface area contributed by atoms with Crippen LogP contribution in [-0.4, -0.2) is 32.7 Å². The highest BCUT2D eigenvalue weighted by atomic mass is 32.1. The topological polar surface area (TPSA) is 98.5 Å². The molecule has 2 amide bonds. The second kappa shape index (κ2) is 7.40. The summed E-state index contributed by atoms with van der Waals surface area (Å²) in [6.45, 7) is 0.508. The summed E-state index contributed by atoms with van der Waals surface area (Å²) in [5.74, 6) is 0. The molecule has 0 aliphatic carbocycles. The highest BCUT2D eigenvalue weighted by molar-refractivity contribution is 7.22. The van der Waals surface area contributed by atoms with Crippen LogP contribution in [0.25, 0.3) is 31.4 Å². The molecule has 5 rings (SSSR count). The summed E-state index contributed by atoms with van der Waals surface area (Å²) < 4.78 is 1.23. The van der Waals surface area contributed by atoms with Crippen molar-refractivity contribution in [3.8, 4) is 10.4 Å². The lowest BCUT2D eigenvalue weighted by atomic mass is 10.1. The van der Waals surface area contributed by atoms with E-state index in [1.807, 2.05) is 30.5 Å². The van der Waals surface area contributed by atoms with Crippen LogP contribution in [0.1, 0.15) is 5.69 Å². The number of rotatable bonds is 5. The van der Waals surface area contributed by atoms with Gasteiger partial charge in [0.1, 0.15) is 0 Å². The number of fused-ring (bicyclic) bond motifs is 2. The van der Waals surface area contributed by atoms with E-state index in [2.05, 4.69) is 49.0 Å². The second-order valence-corrected chi connectivity index (χ2v) is 7.78. The molecule has 5 aromatic rings. The Labute approximate surface area is 170 Å². The summed E-state index contributed by atoms with van der Waals surface area (Å²) in [5, 5.41) is 15.2. The lowest BCUT2D eigenvalue weighted by molar-refractivity contribution is 0.252. The zero-order chi connectivity index (χ0) is 19.6. The maximum absolute atomic E-state index is 12.3. The Morgan fingerprint density at radius 1 is 1.14 bits per heavy atom. The molecule has 0 bridgehead atoms. The summed E-state index contributed by atoms with van der Waals surface area (Å²) in [6.07, 6.45) is 5.90. The van der Waals surface area contributed by atoms with Gasteiger partial charge in [0.05, 0.1) is 23.7 Å². The minimum absolute atomic E-state index is 0.245. The second-order valence-electron chi connectivity index (χ2n) is 6.70. The van der Waals surface area contributed by atoms with E-state index in [4.69, 9.17) is 0 Å². The average Bonchev–Trinajstić information content (AvgIpc) is 3.47. The van der Waals surface area contributed by atoms with Crippen LogP contribution in [0.15, 0.2) is 61.2 Å². The molecular weight excluding hydrogens is 384 g/mol. The number of carbonyl (C=O) groups is 1. The van der Waals surface area contributed by atoms with Crippen molar-refractivity contribution in [1.82, 2.24) is 25.5 Å². The number of aromatic nitrogens is 4. The number of carbonyl (C=O) groups excluding carboxylic acids is 1. The van der Waals surface area contributed by atoms with Gasteiger partial charge in [0.25, 0.3) is 0 Å². The molecule has 3 aromatic heterocycles. The number of thiophene rings is 1. The molecule has 0 spiro atoms. The third kappa shape index (κ3) is 3.57. The Bertz CT molecular complexity index is 1250. The van der Waals surface area contributed by atoms with Crippen LogP contribution in [0.5, 0.6) is 0 Å². The standard InChI is InChI=1S/C21H18N6OS/c28-21(23-6-5-15-11-22-12-24-15)26-16-7-14-10-25-27-20(14)17(9-16)19-8-13-3-1-2-4-18(13)29-19/h1-4,7-12H,5-6H2,(H,22,24)(H,25,27)(H2,23,26,28). The van der Waals surface area contributed by atoms with Crippen LogP contribution in [-0.2, 0) is 6.42 Å². The van der Waals surface area contributed by atoms with E-state index < -0.39 is 0 Å². The fraction of sp³-hybridized carbons (Fsp3) is 0.0952. The molecule has 0 saturated heterocycles. The average molecular weight is 402 g/mol. The van der Waals surface area contributed by atoms with E-state index in [1.165, 1.54) is 10.1 Å². The molecule has 29 heavy (non-hydrogen) atoms. The molecule has 0 radical (unpaired) electrons. The molecule has 3 heterocycles. The first-order chi connectivity index (χ1) is 14.3. The van der Waals surface area contributed by atoms with Gasteiger partial charge in [-0.05, 0) is 29.7 Å². The van der Waals surface area contributed by atoms with Crippen molar-refractivity contribution in [3.63, 3.8) is 0 Å². The number of imidazole rings is 1. The number of nitrogens with one attached hydrogen (secondary N) is 4. The summed E-state index contributed by atoms with van der Waals surface area (Å²) in [7, 11) is 0. The van der Waals surface area contributed by atoms with Gasteiger partial charge in [-0.15, -0.1) is 11.3 Å². The van der Waals surface area contributed by atoms with Crippen molar-refractivity contribution < 1.29 is 4.79 Å². The van der Waals surface area contributed by atoms with E-state index in [1.54, 1.807) is 23.9 Å². The third-order valence-electron chi connectivity index (χ3n) is 4.72. The van der Waals surface area contributed by atoms with Gasteiger partial charge in [-0.3, -0.25) is 5.10 Å². The Morgan fingerprint density at radius 3 is 2.93 bits per heavy atom. The SMILES string of the molecule is O=C(NCCc1c[nH]cn1)Nc1cc(-c2cc3ccccc3s2)c2[nH]ncc2c1. The van der Waals surface area contributed by atoms with Crippen molar-refractivity contribution in [2.45, 2.75) is 6.42 Å². The Kier molecular flexibility index (Phi) is 4.45. The van der Waals surface area contributed by atoms with Gasteiger partial charge < -0.3 is 15.6 Å². The number of H-pyrrole nitrogens is 2. The largest absolute Gasteiger partial charge is 0.351 e. The lowest BCUT2D eigenvalue weighted by Crippen LogP contribution is -2.30. The maximum atomic E-state index is 12.3. The molecule has 0 unspecified atom stereocenters. The molecule has 144 valence electrons. The van der Waals surface area contributed by atoms with Gasteiger partial charge in [0.2, 0.25) is 0 Å². The summed E-state index contributed by atoms with van der Waals surface area (Å²) in [5.41, 5.74) is 3.62. The van der Waals surface area contributed by atoms with Gasteiger partial charge in [0.15, 0.2) is 0 Å². The molecule has 7 nitrogen and oxygen atoms in total. The van der Waals surface area contributed by atoms with Gasteiger partial charge in [-0.25, -0.2) is 9.78 Å². The number of hydrogen-bond donors (Lipinski definition) is 4. The first-order valence-electron chi connectivity index (χ1n) is 9.25. The molecule has 0 aliphatic heterocycles. The molecule has 4 N–H and O–H groups in total. The van der Waals surface area contributed by atoms with E-state index in [0.717, 1.165) is 32.7 Å². The highest BCUT2D eigenvalue weighted by Crippen LogP contribution is 2.38. The van der Waals surface area contributed by atoms with Crippen LogP contribution in [0.2, 0.25) is 0 Å². The monoisotopic (exact) mass is 402 g/mol. The number of benzene rings is 2. The summed E-state index contributed by atoms with van der Waals surface area (Å²) >= 11 is 1.72. The third-order valence-corrected chi connectivity index (χ3v) is 5.87.